The zero-order valence-electron chi connectivity index (χ0n) is 15.4. The molecule has 2 N–H and O–H groups in total. The molecule has 0 bridgehead atoms. The van der Waals surface area contributed by atoms with Crippen molar-refractivity contribution in [3.8, 4) is 0 Å². The van der Waals surface area contributed by atoms with Crippen molar-refractivity contribution in [2.75, 3.05) is 32.7 Å². The minimum atomic E-state index is -3.50. The third-order valence-electron chi connectivity index (χ3n) is 4.56. The van der Waals surface area contributed by atoms with Crippen molar-refractivity contribution >= 4 is 49.4 Å². The number of nitrogens with zero attached hydrogens (tertiary/aromatic N) is 2. The van der Waals surface area contributed by atoms with Crippen molar-refractivity contribution in [3.63, 3.8) is 0 Å². The lowest BCUT2D eigenvalue weighted by molar-refractivity contribution is -0.895. The molecule has 0 aliphatic carbocycles. The van der Waals surface area contributed by atoms with E-state index in [-0.39, 0.29) is 17.3 Å². The Morgan fingerprint density at radius 1 is 1.29 bits per heavy atom. The van der Waals surface area contributed by atoms with E-state index in [4.69, 9.17) is 0 Å². The van der Waals surface area contributed by atoms with Crippen molar-refractivity contribution in [1.82, 2.24) is 9.73 Å². The molecule has 1 aromatic carbocycles. The molecule has 7 nitrogen and oxygen atoms in total. The number of hydrogen-bond donors (Lipinski definition) is 2. The molecule has 0 atom stereocenters. The van der Waals surface area contributed by atoms with Crippen LogP contribution < -0.4 is 10.3 Å². The number of rotatable bonds is 6. The molecule has 1 amide bonds. The van der Waals surface area contributed by atoms with E-state index in [9.17, 15) is 13.2 Å². The number of amides is 1. The number of halogens is 1. The van der Waals surface area contributed by atoms with Gasteiger partial charge in [0.25, 0.3) is 5.91 Å². The SMILES string of the molecule is Cc1ccsc1/C=N/NC(=O)C[NH+]1CCN(S(=O)(=O)c2ccc(Br)cc2)CC1. The van der Waals surface area contributed by atoms with Crippen molar-refractivity contribution in [2.45, 2.75) is 11.8 Å². The van der Waals surface area contributed by atoms with Crippen LogP contribution in [0.1, 0.15) is 10.4 Å². The van der Waals surface area contributed by atoms with Crippen LogP contribution in [0.5, 0.6) is 0 Å². The summed E-state index contributed by atoms with van der Waals surface area (Å²) >= 11 is 4.88. The minimum Gasteiger partial charge on any atom is -0.325 e. The summed E-state index contributed by atoms with van der Waals surface area (Å²) in [5.74, 6) is -0.176. The molecule has 0 spiro atoms. The van der Waals surface area contributed by atoms with Gasteiger partial charge in [-0.15, -0.1) is 11.3 Å². The molecular weight excluding hydrogens is 464 g/mol. The number of quaternary nitrogens is 1. The number of benzene rings is 1. The Balaban J connectivity index is 1.48. The van der Waals surface area contributed by atoms with Gasteiger partial charge in [-0.1, -0.05) is 15.9 Å². The van der Waals surface area contributed by atoms with Gasteiger partial charge in [-0.3, -0.25) is 4.79 Å². The largest absolute Gasteiger partial charge is 0.325 e. The minimum absolute atomic E-state index is 0.176. The van der Waals surface area contributed by atoms with Crippen LogP contribution in [0, 0.1) is 6.92 Å². The van der Waals surface area contributed by atoms with Gasteiger partial charge >= 0.3 is 0 Å². The molecule has 1 aromatic heterocycles. The van der Waals surface area contributed by atoms with E-state index >= 15 is 0 Å². The van der Waals surface area contributed by atoms with Crippen LogP contribution in [0.3, 0.4) is 0 Å². The van der Waals surface area contributed by atoms with E-state index in [1.807, 2.05) is 18.4 Å². The van der Waals surface area contributed by atoms with E-state index in [0.29, 0.717) is 26.2 Å². The first kappa shape index (κ1) is 21.1. The number of hydrazone groups is 1. The number of nitrogens with one attached hydrogen (secondary N) is 2. The van der Waals surface area contributed by atoms with Crippen LogP contribution in [-0.2, 0) is 14.8 Å². The Bertz CT molecular complexity index is 949. The van der Waals surface area contributed by atoms with Gasteiger partial charge in [0.15, 0.2) is 6.54 Å². The van der Waals surface area contributed by atoms with Gasteiger partial charge in [0.1, 0.15) is 0 Å². The third-order valence-corrected chi connectivity index (χ3v) is 7.96. The molecule has 2 aromatic rings. The van der Waals surface area contributed by atoms with Crippen LogP contribution in [0.15, 0.2) is 50.2 Å². The molecule has 3 rings (SSSR count). The fourth-order valence-corrected chi connectivity index (χ4v) is 5.41. The smallest absolute Gasteiger partial charge is 0.295 e. The van der Waals surface area contributed by atoms with Gasteiger partial charge in [0.05, 0.1) is 37.3 Å². The van der Waals surface area contributed by atoms with Gasteiger partial charge in [0.2, 0.25) is 10.0 Å². The standard InChI is InChI=1S/C18H21BrN4O3S2/c1-14-6-11-27-17(14)12-20-21-18(24)13-22-7-9-23(10-8-22)28(25,26)16-4-2-15(19)3-5-16/h2-6,11-12H,7-10,13H2,1H3,(H,21,24)/p+1/b20-12+. The van der Waals surface area contributed by atoms with Gasteiger partial charge in [-0.25, -0.2) is 13.8 Å². The van der Waals surface area contributed by atoms with Crippen molar-refractivity contribution < 1.29 is 18.1 Å². The summed E-state index contributed by atoms with van der Waals surface area (Å²) in [5.41, 5.74) is 3.67. The lowest BCUT2D eigenvalue weighted by Gasteiger charge is -2.31. The number of aryl methyl sites for hydroxylation is 1. The first-order valence-electron chi connectivity index (χ1n) is 8.81. The molecule has 1 aliphatic heterocycles. The molecule has 2 heterocycles. The average molecular weight is 486 g/mol. The van der Waals surface area contributed by atoms with Crippen molar-refractivity contribution in [2.24, 2.45) is 5.10 Å². The summed E-state index contributed by atoms with van der Waals surface area (Å²) in [6.07, 6.45) is 1.65. The normalized spacial score (nSPS) is 16.5. The number of thiophene rings is 1. The molecule has 0 radical (unpaired) electrons. The molecule has 1 saturated heterocycles. The quantitative estimate of drug-likeness (QED) is 0.470. The first-order valence-corrected chi connectivity index (χ1v) is 11.9. The molecule has 1 fully saturated rings. The fraction of sp³-hybridized carbons (Fsp3) is 0.333. The van der Waals surface area contributed by atoms with E-state index in [0.717, 1.165) is 19.8 Å². The zero-order chi connectivity index (χ0) is 20.1. The molecule has 0 unspecified atom stereocenters. The highest BCUT2D eigenvalue weighted by Crippen LogP contribution is 2.18. The number of hydrogen-bond acceptors (Lipinski definition) is 5. The van der Waals surface area contributed by atoms with Crippen LogP contribution in [0.2, 0.25) is 0 Å². The average Bonchev–Trinajstić information content (AvgIpc) is 3.07. The second-order valence-corrected chi connectivity index (χ2v) is 10.3. The summed E-state index contributed by atoms with van der Waals surface area (Å²) in [6.45, 7) is 4.20. The Morgan fingerprint density at radius 2 is 1.96 bits per heavy atom. The summed E-state index contributed by atoms with van der Waals surface area (Å²) in [5, 5.41) is 5.98. The van der Waals surface area contributed by atoms with Crippen molar-refractivity contribution in [1.29, 1.82) is 0 Å². The van der Waals surface area contributed by atoms with Gasteiger partial charge in [-0.05, 0) is 48.2 Å². The summed E-state index contributed by atoms with van der Waals surface area (Å²) in [6, 6.07) is 8.63. The molecule has 150 valence electrons. The summed E-state index contributed by atoms with van der Waals surface area (Å²) in [7, 11) is -3.50. The molecule has 0 saturated carbocycles. The second-order valence-electron chi connectivity index (χ2n) is 6.55. The highest BCUT2D eigenvalue weighted by atomic mass is 79.9. The molecule has 1 aliphatic rings. The van der Waals surface area contributed by atoms with Crippen LogP contribution in [0.25, 0.3) is 0 Å². The number of piperazine rings is 1. The van der Waals surface area contributed by atoms with Crippen LogP contribution in [-0.4, -0.2) is 57.6 Å². The number of carbonyl (C=O) groups excluding carboxylic acids is 1. The molecule has 28 heavy (non-hydrogen) atoms. The Kier molecular flexibility index (Phi) is 7.00. The highest BCUT2D eigenvalue weighted by Gasteiger charge is 2.31. The first-order chi connectivity index (χ1) is 13.4. The van der Waals surface area contributed by atoms with Crippen molar-refractivity contribution in [3.05, 3.63) is 50.6 Å². The molecule has 10 heteroatoms. The monoisotopic (exact) mass is 485 g/mol. The predicted octanol–water partition coefficient (Wildman–Crippen LogP) is 0.859. The Morgan fingerprint density at radius 3 is 2.57 bits per heavy atom. The maximum absolute atomic E-state index is 12.7. The maximum atomic E-state index is 12.7. The van der Waals surface area contributed by atoms with E-state index < -0.39 is 10.0 Å². The Labute approximate surface area is 177 Å². The van der Waals surface area contributed by atoms with E-state index in [2.05, 4.69) is 26.5 Å². The lowest BCUT2D eigenvalue weighted by atomic mass is 10.3. The fourth-order valence-electron chi connectivity index (χ4n) is 2.92. The van der Waals surface area contributed by atoms with E-state index in [1.54, 1.807) is 41.8 Å². The summed E-state index contributed by atoms with van der Waals surface area (Å²) < 4.78 is 27.7. The predicted molar refractivity (Wildman–Crippen MR) is 113 cm³/mol. The van der Waals surface area contributed by atoms with Gasteiger partial charge in [-0.2, -0.15) is 9.41 Å². The van der Waals surface area contributed by atoms with Gasteiger partial charge in [0, 0.05) is 9.35 Å². The zero-order valence-corrected chi connectivity index (χ0v) is 18.6. The molecular formula is C18H22BrN4O3S2+. The highest BCUT2D eigenvalue weighted by molar-refractivity contribution is 9.10. The number of sulfonamides is 1. The topological polar surface area (TPSA) is 83.3 Å². The summed E-state index contributed by atoms with van der Waals surface area (Å²) in [4.78, 5) is 14.4. The van der Waals surface area contributed by atoms with Crippen LogP contribution in [0.4, 0.5) is 0 Å². The Hall–Kier alpha value is -1.59. The lowest BCUT2D eigenvalue weighted by Crippen LogP contribution is -3.15. The van der Waals surface area contributed by atoms with Gasteiger partial charge < -0.3 is 4.90 Å². The number of carbonyl (C=O) groups is 1. The second kappa shape index (κ2) is 9.27. The van der Waals surface area contributed by atoms with Crippen LogP contribution >= 0.6 is 27.3 Å². The third kappa shape index (κ3) is 5.26. The maximum Gasteiger partial charge on any atom is 0.295 e. The van der Waals surface area contributed by atoms with E-state index in [1.165, 1.54) is 4.31 Å².